The second-order valence-electron chi connectivity index (χ2n) is 6.36. The second-order valence-corrected chi connectivity index (χ2v) is 6.36. The lowest BCUT2D eigenvalue weighted by atomic mass is 10.1. The molecule has 3 rings (SSSR count). The van der Waals surface area contributed by atoms with Crippen LogP contribution in [0.2, 0.25) is 0 Å². The van der Waals surface area contributed by atoms with Gasteiger partial charge in [-0.1, -0.05) is 11.6 Å². The zero-order valence-electron chi connectivity index (χ0n) is 13.6. The van der Waals surface area contributed by atoms with E-state index < -0.39 is 17.6 Å². The van der Waals surface area contributed by atoms with E-state index in [2.05, 4.69) is 28.6 Å². The molecule has 0 spiro atoms. The number of anilines is 1. The number of piperazine rings is 1. The van der Waals surface area contributed by atoms with Crippen LogP contribution in [0, 0.1) is 6.57 Å². The van der Waals surface area contributed by atoms with Crippen LogP contribution in [0.25, 0.3) is 4.85 Å². The number of fused-ring (bicyclic) bond motifs is 3. The topological polar surface area (TPSA) is 33.0 Å². The molecule has 1 saturated heterocycles. The smallest absolute Gasteiger partial charge is 0.409 e. The number of halogens is 3. The third-order valence-electron chi connectivity index (χ3n) is 4.58. The quantitative estimate of drug-likeness (QED) is 0.734. The molecule has 1 atom stereocenters. The molecule has 0 unspecified atom stereocenters. The molecule has 1 aromatic heterocycles. The van der Waals surface area contributed by atoms with Crippen molar-refractivity contribution in [2.45, 2.75) is 38.5 Å². The first-order chi connectivity index (χ1) is 11.3. The molecular weight excluding hydrogens is 321 g/mol. The van der Waals surface area contributed by atoms with E-state index in [9.17, 15) is 13.2 Å². The van der Waals surface area contributed by atoms with Crippen molar-refractivity contribution in [2.75, 3.05) is 31.1 Å². The normalized spacial score (nSPS) is 21.5. The average molecular weight is 340 g/mol. The highest BCUT2D eigenvalue weighted by atomic mass is 19.4. The first-order valence-corrected chi connectivity index (χ1v) is 7.94. The van der Waals surface area contributed by atoms with Crippen LogP contribution < -0.4 is 9.64 Å². The van der Waals surface area contributed by atoms with Gasteiger partial charge < -0.3 is 14.5 Å². The molecule has 24 heavy (non-hydrogen) atoms. The van der Waals surface area contributed by atoms with Crippen molar-refractivity contribution < 1.29 is 17.9 Å². The summed E-state index contributed by atoms with van der Waals surface area (Å²) in [6.45, 7) is 13.9. The van der Waals surface area contributed by atoms with E-state index in [4.69, 9.17) is 11.3 Å². The van der Waals surface area contributed by atoms with Gasteiger partial charge in [-0.2, -0.15) is 13.2 Å². The van der Waals surface area contributed by atoms with Crippen molar-refractivity contribution in [2.24, 2.45) is 0 Å². The van der Waals surface area contributed by atoms with Gasteiger partial charge in [0, 0.05) is 38.1 Å². The Kier molecular flexibility index (Phi) is 4.30. The fraction of sp³-hybridized carbons (Fsp3) is 0.625. The molecule has 0 bridgehead atoms. The van der Waals surface area contributed by atoms with Gasteiger partial charge in [-0.05, 0) is 19.9 Å². The highest BCUT2D eigenvalue weighted by Crippen LogP contribution is 2.42. The Balaban J connectivity index is 2.00. The Morgan fingerprint density at radius 3 is 2.75 bits per heavy atom. The van der Waals surface area contributed by atoms with Crippen molar-refractivity contribution in [3.05, 3.63) is 23.0 Å². The minimum Gasteiger partial charge on any atom is -0.487 e. The lowest BCUT2D eigenvalue weighted by molar-refractivity contribution is -0.137. The van der Waals surface area contributed by atoms with E-state index >= 15 is 0 Å². The lowest BCUT2D eigenvalue weighted by Crippen LogP contribution is -2.55. The Morgan fingerprint density at radius 2 is 2.12 bits per heavy atom. The number of aromatic nitrogens is 1. The van der Waals surface area contributed by atoms with Gasteiger partial charge in [-0.3, -0.25) is 4.90 Å². The predicted molar refractivity (Wildman–Crippen MR) is 83.5 cm³/mol. The molecular formula is C16H19F3N4O. The third kappa shape index (κ3) is 3.00. The molecule has 130 valence electrons. The largest absolute Gasteiger partial charge is 0.487 e. The summed E-state index contributed by atoms with van der Waals surface area (Å²) in [4.78, 5) is 11.3. The number of alkyl halides is 3. The van der Waals surface area contributed by atoms with Crippen LogP contribution in [0.15, 0.2) is 6.07 Å². The van der Waals surface area contributed by atoms with Gasteiger partial charge in [-0.25, -0.2) is 0 Å². The fourth-order valence-corrected chi connectivity index (χ4v) is 3.26. The molecule has 3 heterocycles. The zero-order chi connectivity index (χ0) is 17.5. The van der Waals surface area contributed by atoms with Crippen LogP contribution in [0.1, 0.15) is 25.8 Å². The van der Waals surface area contributed by atoms with Crippen molar-refractivity contribution in [3.8, 4) is 5.75 Å². The summed E-state index contributed by atoms with van der Waals surface area (Å²) in [5.74, 6) is -0.132. The van der Waals surface area contributed by atoms with E-state index in [0.29, 0.717) is 31.4 Å². The molecule has 1 fully saturated rings. The summed E-state index contributed by atoms with van der Waals surface area (Å²) in [5.41, 5.74) is -1.03. The van der Waals surface area contributed by atoms with Crippen molar-refractivity contribution in [1.29, 1.82) is 0 Å². The Bertz CT molecular complexity index is 669. The van der Waals surface area contributed by atoms with Crippen molar-refractivity contribution in [1.82, 2.24) is 9.88 Å². The Hall–Kier alpha value is -2.01. The summed E-state index contributed by atoms with van der Waals surface area (Å²) in [6.07, 6.45) is -3.90. The molecule has 8 heteroatoms. The fourth-order valence-electron chi connectivity index (χ4n) is 3.26. The molecule has 1 aromatic rings. The molecule has 0 radical (unpaired) electrons. The van der Waals surface area contributed by atoms with Crippen LogP contribution in [-0.2, 0) is 6.18 Å². The number of hydrogen-bond acceptors (Lipinski definition) is 4. The average Bonchev–Trinajstić information content (AvgIpc) is 2.70. The number of hydrogen-bond donors (Lipinski definition) is 0. The minimum absolute atomic E-state index is 0.121. The van der Waals surface area contributed by atoms with Crippen molar-refractivity contribution in [3.63, 3.8) is 0 Å². The van der Waals surface area contributed by atoms with E-state index in [1.165, 1.54) is 0 Å². The van der Waals surface area contributed by atoms with Gasteiger partial charge in [0.05, 0.1) is 12.2 Å². The van der Waals surface area contributed by atoms with Crippen LogP contribution in [0.5, 0.6) is 5.75 Å². The van der Waals surface area contributed by atoms with E-state index in [-0.39, 0.29) is 11.8 Å². The maximum absolute atomic E-state index is 13.1. The highest BCUT2D eigenvalue weighted by Gasteiger charge is 2.40. The Labute approximate surface area is 138 Å². The molecule has 2 aliphatic heterocycles. The van der Waals surface area contributed by atoms with E-state index in [0.717, 1.165) is 19.2 Å². The zero-order valence-corrected chi connectivity index (χ0v) is 13.6. The van der Waals surface area contributed by atoms with Gasteiger partial charge in [0.2, 0.25) is 0 Å². The predicted octanol–water partition coefficient (Wildman–Crippen LogP) is 3.33. The summed E-state index contributed by atoms with van der Waals surface area (Å²) in [7, 11) is 0. The number of rotatable bonds is 1. The van der Waals surface area contributed by atoms with Crippen molar-refractivity contribution >= 4 is 11.6 Å². The van der Waals surface area contributed by atoms with Crippen LogP contribution >= 0.6 is 0 Å². The van der Waals surface area contributed by atoms with Crippen LogP contribution in [0.3, 0.4) is 0 Å². The van der Waals surface area contributed by atoms with Crippen LogP contribution in [0.4, 0.5) is 24.8 Å². The molecule has 0 N–H and O–H groups in total. The second kappa shape index (κ2) is 6.13. The van der Waals surface area contributed by atoms with E-state index in [1.54, 1.807) is 0 Å². The minimum atomic E-state index is -4.62. The summed E-state index contributed by atoms with van der Waals surface area (Å²) < 4.78 is 44.9. The van der Waals surface area contributed by atoms with Gasteiger partial charge in [-0.15, -0.1) is 0 Å². The van der Waals surface area contributed by atoms with E-state index in [1.807, 2.05) is 4.90 Å². The SMILES string of the molecule is [C-]#[N+]c1nc2c(cc1C(F)(F)F)OCC[C@H]1CN(C(C)C)CCN21. The number of ether oxygens (including phenoxy) is 1. The maximum atomic E-state index is 13.1. The van der Waals surface area contributed by atoms with Gasteiger partial charge >= 0.3 is 6.18 Å². The standard InChI is InChI=1S/C16H19F3N4O/c1-10(2)22-5-6-23-11(9-22)4-7-24-13-8-12(16(17,18)19)14(20-3)21-15(13)23/h8,10-11H,4-7,9H2,1-2H3/t11-/m0/s1. The molecule has 0 amide bonds. The Morgan fingerprint density at radius 1 is 1.38 bits per heavy atom. The third-order valence-corrected chi connectivity index (χ3v) is 4.58. The monoisotopic (exact) mass is 340 g/mol. The lowest BCUT2D eigenvalue weighted by Gasteiger charge is -2.41. The molecule has 2 aliphatic rings. The maximum Gasteiger partial charge on any atom is 0.409 e. The summed E-state index contributed by atoms with van der Waals surface area (Å²) in [5, 5.41) is 0. The van der Waals surface area contributed by atoms with Gasteiger partial charge in [0.25, 0.3) is 11.6 Å². The first-order valence-electron chi connectivity index (χ1n) is 7.94. The van der Waals surface area contributed by atoms with Gasteiger partial charge in [0.15, 0.2) is 5.75 Å². The van der Waals surface area contributed by atoms with Crippen LogP contribution in [-0.4, -0.2) is 48.2 Å². The first kappa shape index (κ1) is 16.8. The molecule has 0 saturated carbocycles. The molecule has 0 aliphatic carbocycles. The summed E-state index contributed by atoms with van der Waals surface area (Å²) in [6, 6.07) is 1.47. The highest BCUT2D eigenvalue weighted by molar-refractivity contribution is 5.63. The number of nitrogens with zero attached hydrogens (tertiary/aromatic N) is 4. The van der Waals surface area contributed by atoms with Gasteiger partial charge in [0.1, 0.15) is 0 Å². The molecule has 0 aromatic carbocycles. The molecule has 5 nitrogen and oxygen atoms in total. The summed E-state index contributed by atoms with van der Waals surface area (Å²) >= 11 is 0. The number of pyridine rings is 1.